The maximum atomic E-state index is 4.52. The van der Waals surface area contributed by atoms with E-state index in [0.717, 1.165) is 24.5 Å². The van der Waals surface area contributed by atoms with Crippen molar-refractivity contribution in [2.75, 3.05) is 0 Å². The molecular weight excluding hydrogens is 226 g/mol. The summed E-state index contributed by atoms with van der Waals surface area (Å²) >= 11 is 0. The Morgan fingerprint density at radius 3 is 2.44 bits per heavy atom. The Bertz CT molecular complexity index is 503. The van der Waals surface area contributed by atoms with Gasteiger partial charge in [0.1, 0.15) is 0 Å². The van der Waals surface area contributed by atoms with Crippen LogP contribution in [0.15, 0.2) is 24.5 Å². The summed E-state index contributed by atoms with van der Waals surface area (Å²) in [4.78, 5) is 0. The molecule has 0 aliphatic heterocycles. The lowest BCUT2D eigenvalue weighted by Gasteiger charge is -2.19. The topological polar surface area (TPSA) is 47.7 Å². The first kappa shape index (κ1) is 12.8. The summed E-state index contributed by atoms with van der Waals surface area (Å²) in [5.74, 6) is 0. The van der Waals surface area contributed by atoms with Gasteiger partial charge in [-0.15, -0.1) is 0 Å². The number of nitrogens with zero attached hydrogens (tertiary/aromatic N) is 4. The zero-order valence-corrected chi connectivity index (χ0v) is 11.5. The monoisotopic (exact) mass is 247 g/mol. The molecule has 0 aliphatic rings. The second-order valence-corrected chi connectivity index (χ2v) is 5.59. The van der Waals surface area contributed by atoms with Gasteiger partial charge in [0.15, 0.2) is 0 Å². The van der Waals surface area contributed by atoms with E-state index < -0.39 is 0 Å². The fourth-order valence-corrected chi connectivity index (χ4v) is 1.66. The van der Waals surface area contributed by atoms with Crippen LogP contribution in [-0.2, 0) is 20.1 Å². The molecule has 2 aromatic heterocycles. The van der Waals surface area contributed by atoms with Crippen LogP contribution in [0.3, 0.4) is 0 Å². The van der Waals surface area contributed by atoms with Crippen LogP contribution in [-0.4, -0.2) is 25.1 Å². The van der Waals surface area contributed by atoms with Gasteiger partial charge in [-0.05, 0) is 32.9 Å². The number of nitrogens with one attached hydrogen (secondary N) is 1. The number of hydrogen-bond acceptors (Lipinski definition) is 3. The molecule has 0 saturated carbocycles. The van der Waals surface area contributed by atoms with Gasteiger partial charge in [-0.3, -0.25) is 9.36 Å². The highest BCUT2D eigenvalue weighted by Crippen LogP contribution is 2.04. The molecule has 5 nitrogen and oxygen atoms in total. The summed E-state index contributed by atoms with van der Waals surface area (Å²) in [5, 5.41) is 12.3. The van der Waals surface area contributed by atoms with Gasteiger partial charge in [-0.25, -0.2) is 0 Å². The summed E-state index contributed by atoms with van der Waals surface area (Å²) in [7, 11) is 1.92. The van der Waals surface area contributed by atoms with Crippen molar-refractivity contribution in [1.29, 1.82) is 0 Å². The molecule has 0 aliphatic carbocycles. The van der Waals surface area contributed by atoms with Crippen molar-refractivity contribution < 1.29 is 0 Å². The van der Waals surface area contributed by atoms with E-state index in [1.807, 2.05) is 36.3 Å². The molecule has 0 aromatic carbocycles. The second kappa shape index (κ2) is 4.94. The first-order valence-corrected chi connectivity index (χ1v) is 6.18. The first-order chi connectivity index (χ1) is 8.42. The van der Waals surface area contributed by atoms with Crippen molar-refractivity contribution in [3.8, 4) is 0 Å². The van der Waals surface area contributed by atoms with Gasteiger partial charge in [-0.1, -0.05) is 0 Å². The summed E-state index contributed by atoms with van der Waals surface area (Å²) in [6, 6.07) is 4.05. The molecule has 0 radical (unpaired) electrons. The van der Waals surface area contributed by atoms with Crippen LogP contribution in [0.5, 0.6) is 0 Å². The van der Waals surface area contributed by atoms with Crippen molar-refractivity contribution in [2.24, 2.45) is 7.05 Å². The molecule has 0 amide bonds. The van der Waals surface area contributed by atoms with Crippen molar-refractivity contribution in [3.63, 3.8) is 0 Å². The highest BCUT2D eigenvalue weighted by molar-refractivity contribution is 5.03. The van der Waals surface area contributed by atoms with Crippen molar-refractivity contribution >= 4 is 0 Å². The third-order valence-corrected chi connectivity index (χ3v) is 2.59. The molecule has 2 rings (SSSR count). The molecule has 5 heteroatoms. The van der Waals surface area contributed by atoms with Gasteiger partial charge in [0.25, 0.3) is 0 Å². The third kappa shape index (κ3) is 3.70. The lowest BCUT2D eigenvalue weighted by Crippen LogP contribution is -2.35. The molecule has 2 aromatic rings. The predicted octanol–water partition coefficient (Wildman–Crippen LogP) is 1.55. The summed E-state index contributed by atoms with van der Waals surface area (Å²) in [6.07, 6.45) is 3.94. The lowest BCUT2D eigenvalue weighted by molar-refractivity contribution is 0.419. The normalized spacial score (nSPS) is 12.0. The molecule has 18 heavy (non-hydrogen) atoms. The number of aryl methyl sites for hydroxylation is 1. The highest BCUT2D eigenvalue weighted by Gasteiger charge is 2.09. The van der Waals surface area contributed by atoms with Crippen LogP contribution in [0.1, 0.15) is 32.2 Å². The van der Waals surface area contributed by atoms with Gasteiger partial charge < -0.3 is 5.32 Å². The van der Waals surface area contributed by atoms with Crippen LogP contribution in [0.4, 0.5) is 0 Å². The van der Waals surface area contributed by atoms with Gasteiger partial charge in [0.05, 0.1) is 17.9 Å². The smallest absolute Gasteiger partial charge is 0.0849 e. The van der Waals surface area contributed by atoms with E-state index in [4.69, 9.17) is 0 Å². The fourth-order valence-electron chi connectivity index (χ4n) is 1.66. The Labute approximate surface area is 108 Å². The fraction of sp³-hybridized carbons (Fsp3) is 0.538. The summed E-state index contributed by atoms with van der Waals surface area (Å²) < 4.78 is 3.73. The quantitative estimate of drug-likeness (QED) is 0.891. The van der Waals surface area contributed by atoms with E-state index in [-0.39, 0.29) is 5.54 Å². The third-order valence-electron chi connectivity index (χ3n) is 2.59. The Morgan fingerprint density at radius 2 is 1.83 bits per heavy atom. The van der Waals surface area contributed by atoms with Crippen LogP contribution in [0, 0.1) is 0 Å². The molecule has 0 bridgehead atoms. The van der Waals surface area contributed by atoms with E-state index in [2.05, 4.69) is 36.3 Å². The average molecular weight is 247 g/mol. The molecule has 0 unspecified atom stereocenters. The summed E-state index contributed by atoms with van der Waals surface area (Å²) in [6.45, 7) is 7.96. The minimum Gasteiger partial charge on any atom is -0.306 e. The Hall–Kier alpha value is -1.62. The Morgan fingerprint density at radius 1 is 1.11 bits per heavy atom. The summed E-state index contributed by atoms with van der Waals surface area (Å²) in [5.41, 5.74) is 2.20. The molecule has 0 fully saturated rings. The average Bonchev–Trinajstić information content (AvgIpc) is 2.85. The number of aromatic nitrogens is 4. The maximum Gasteiger partial charge on any atom is 0.0849 e. The largest absolute Gasteiger partial charge is 0.306 e. The van der Waals surface area contributed by atoms with E-state index in [0.29, 0.717) is 0 Å². The van der Waals surface area contributed by atoms with Crippen molar-refractivity contribution in [2.45, 2.75) is 39.4 Å². The van der Waals surface area contributed by atoms with E-state index in [1.165, 1.54) is 0 Å². The highest BCUT2D eigenvalue weighted by atomic mass is 15.3. The van der Waals surface area contributed by atoms with Gasteiger partial charge in [-0.2, -0.15) is 10.2 Å². The van der Waals surface area contributed by atoms with E-state index in [1.54, 1.807) is 4.68 Å². The number of hydrogen-bond donors (Lipinski definition) is 1. The van der Waals surface area contributed by atoms with Gasteiger partial charge in [0.2, 0.25) is 0 Å². The number of rotatable bonds is 4. The van der Waals surface area contributed by atoms with E-state index >= 15 is 0 Å². The molecular formula is C13H21N5. The van der Waals surface area contributed by atoms with Crippen LogP contribution < -0.4 is 5.32 Å². The molecule has 0 spiro atoms. The first-order valence-electron chi connectivity index (χ1n) is 6.18. The van der Waals surface area contributed by atoms with Crippen LogP contribution >= 0.6 is 0 Å². The van der Waals surface area contributed by atoms with Crippen LogP contribution in [0.2, 0.25) is 0 Å². The van der Waals surface area contributed by atoms with Gasteiger partial charge in [0, 0.05) is 31.5 Å². The zero-order chi connectivity index (χ0) is 13.2. The van der Waals surface area contributed by atoms with Crippen LogP contribution in [0.25, 0.3) is 0 Å². The molecule has 98 valence electrons. The van der Waals surface area contributed by atoms with Crippen molar-refractivity contribution in [1.82, 2.24) is 24.9 Å². The standard InChI is InChI=1S/C13H21N5/c1-13(2,3)14-9-11-6-8-18(16-11)10-12-5-7-17(4)15-12/h5-8,14H,9-10H2,1-4H3. The second-order valence-electron chi connectivity index (χ2n) is 5.59. The SMILES string of the molecule is Cn1ccc(Cn2ccc(CNC(C)(C)C)n2)n1. The predicted molar refractivity (Wildman–Crippen MR) is 71.1 cm³/mol. The molecule has 0 atom stereocenters. The minimum absolute atomic E-state index is 0.116. The van der Waals surface area contributed by atoms with Gasteiger partial charge >= 0.3 is 0 Å². The Balaban J connectivity index is 1.94. The zero-order valence-electron chi connectivity index (χ0n) is 11.5. The van der Waals surface area contributed by atoms with Crippen molar-refractivity contribution in [3.05, 3.63) is 35.9 Å². The molecule has 0 saturated heterocycles. The molecule has 2 heterocycles. The Kier molecular flexibility index (Phi) is 3.52. The van der Waals surface area contributed by atoms with E-state index in [9.17, 15) is 0 Å². The maximum absolute atomic E-state index is 4.52. The lowest BCUT2D eigenvalue weighted by atomic mass is 10.1. The molecule has 1 N–H and O–H groups in total. The minimum atomic E-state index is 0.116.